The van der Waals surface area contributed by atoms with E-state index in [0.717, 1.165) is 63.9 Å². The fraction of sp³-hybridized carbons (Fsp3) is 0.269. The second kappa shape index (κ2) is 8.46. The van der Waals surface area contributed by atoms with Gasteiger partial charge in [0.25, 0.3) is 0 Å². The lowest BCUT2D eigenvalue weighted by Gasteiger charge is -2.21. The summed E-state index contributed by atoms with van der Waals surface area (Å²) in [6.07, 6.45) is 8.72. The molecular weight excluding hydrogens is 398 g/mol. The van der Waals surface area contributed by atoms with Crippen LogP contribution in [0.5, 0.6) is 0 Å². The number of nitrogens with zero attached hydrogens (tertiary/aromatic N) is 5. The molecule has 0 fully saturated rings. The summed E-state index contributed by atoms with van der Waals surface area (Å²) in [5.74, 6) is 1.59. The zero-order chi connectivity index (χ0) is 22.1. The van der Waals surface area contributed by atoms with E-state index < -0.39 is 0 Å². The highest BCUT2D eigenvalue weighted by Gasteiger charge is 2.23. The number of fused-ring (bicyclic) bond motifs is 2. The number of carbonyl (C=O) groups is 1. The van der Waals surface area contributed by atoms with Crippen molar-refractivity contribution in [3.8, 4) is 11.5 Å². The molecule has 3 heterocycles. The van der Waals surface area contributed by atoms with E-state index >= 15 is 0 Å². The van der Waals surface area contributed by atoms with E-state index in [1.807, 2.05) is 55.4 Å². The Labute approximate surface area is 187 Å². The number of carbonyl (C=O) groups excluding carboxylic acids is 1. The minimum Gasteiger partial charge on any atom is -0.352 e. The molecule has 0 aliphatic heterocycles. The number of Topliss-reactive ketones (excluding diaryl/α,β-unsaturated/α-hetero) is 1. The van der Waals surface area contributed by atoms with E-state index in [9.17, 15) is 4.79 Å². The Kier molecular flexibility index (Phi) is 5.35. The summed E-state index contributed by atoms with van der Waals surface area (Å²) in [6.45, 7) is 2.28. The van der Waals surface area contributed by atoms with Crippen molar-refractivity contribution in [3.63, 3.8) is 0 Å². The van der Waals surface area contributed by atoms with Crippen molar-refractivity contribution in [3.05, 3.63) is 77.4 Å². The van der Waals surface area contributed by atoms with Gasteiger partial charge in [-0.15, -0.1) is 0 Å². The Balaban J connectivity index is 1.44. The van der Waals surface area contributed by atoms with Crippen LogP contribution in [0.25, 0.3) is 22.3 Å². The lowest BCUT2D eigenvalue weighted by molar-refractivity contribution is -0.117. The number of aromatic nitrogens is 4. The van der Waals surface area contributed by atoms with Gasteiger partial charge in [-0.3, -0.25) is 14.8 Å². The van der Waals surface area contributed by atoms with Crippen LogP contribution in [0.2, 0.25) is 0 Å². The molecule has 0 bridgehead atoms. The van der Waals surface area contributed by atoms with E-state index in [-0.39, 0.29) is 5.78 Å². The Morgan fingerprint density at radius 1 is 1.03 bits per heavy atom. The average molecular weight is 424 g/mol. The first-order valence-electron chi connectivity index (χ1n) is 10.9. The summed E-state index contributed by atoms with van der Waals surface area (Å²) in [5, 5.41) is 2.20. The van der Waals surface area contributed by atoms with Crippen LogP contribution < -0.4 is 4.90 Å². The number of hydrogen-bond donors (Lipinski definition) is 0. The van der Waals surface area contributed by atoms with Crippen LogP contribution in [0.3, 0.4) is 0 Å². The number of anilines is 1. The number of rotatable bonds is 6. The highest BCUT2D eigenvalue weighted by Crippen LogP contribution is 2.31. The molecule has 5 rings (SSSR count). The lowest BCUT2D eigenvalue weighted by Crippen LogP contribution is -2.28. The Morgan fingerprint density at radius 3 is 2.72 bits per heavy atom. The summed E-state index contributed by atoms with van der Waals surface area (Å²) in [6, 6.07) is 12.2. The van der Waals surface area contributed by atoms with Gasteiger partial charge in [0.2, 0.25) is 0 Å². The van der Waals surface area contributed by atoms with Crippen LogP contribution >= 0.6 is 0 Å². The number of pyridine rings is 2. The minimum atomic E-state index is 0.135. The first-order valence-corrected chi connectivity index (χ1v) is 10.9. The maximum absolute atomic E-state index is 12.8. The molecule has 0 unspecified atom stereocenters. The van der Waals surface area contributed by atoms with Gasteiger partial charge in [0, 0.05) is 48.7 Å². The third-order valence-electron chi connectivity index (χ3n) is 5.88. The molecule has 0 N–H and O–H groups in total. The average Bonchev–Trinajstić information content (AvgIpc) is 3.26. The molecule has 0 spiro atoms. The molecule has 160 valence electrons. The van der Waals surface area contributed by atoms with Gasteiger partial charge in [0.05, 0.1) is 6.54 Å². The van der Waals surface area contributed by atoms with E-state index in [1.165, 1.54) is 0 Å². The van der Waals surface area contributed by atoms with Crippen LogP contribution in [0.15, 0.2) is 55.0 Å². The molecule has 3 aromatic heterocycles. The van der Waals surface area contributed by atoms with Gasteiger partial charge in [0.15, 0.2) is 11.6 Å². The SMILES string of the molecule is Cc1cncc(CC(=O)CN(C)c2nc(-c3cc4ccccc4cn3)nc3c2CCC3)c1. The van der Waals surface area contributed by atoms with E-state index in [0.29, 0.717) is 18.8 Å². The summed E-state index contributed by atoms with van der Waals surface area (Å²) < 4.78 is 0. The highest BCUT2D eigenvalue weighted by atomic mass is 16.1. The smallest absolute Gasteiger partial charge is 0.180 e. The molecule has 6 nitrogen and oxygen atoms in total. The molecule has 1 aliphatic rings. The fourth-order valence-electron chi connectivity index (χ4n) is 4.39. The van der Waals surface area contributed by atoms with Crippen molar-refractivity contribution in [2.75, 3.05) is 18.5 Å². The predicted molar refractivity (Wildman–Crippen MR) is 126 cm³/mol. The van der Waals surface area contributed by atoms with Crippen LogP contribution in [-0.4, -0.2) is 39.3 Å². The third-order valence-corrected chi connectivity index (χ3v) is 5.88. The second-order valence-electron chi connectivity index (χ2n) is 8.51. The summed E-state index contributed by atoms with van der Waals surface area (Å²) in [5.41, 5.74) is 4.98. The van der Waals surface area contributed by atoms with Crippen molar-refractivity contribution in [1.29, 1.82) is 0 Å². The summed E-state index contributed by atoms with van der Waals surface area (Å²) in [4.78, 5) is 33.3. The zero-order valence-corrected chi connectivity index (χ0v) is 18.4. The number of likely N-dealkylation sites (N-methyl/N-ethyl adjacent to an activating group) is 1. The van der Waals surface area contributed by atoms with Crippen molar-refractivity contribution in [1.82, 2.24) is 19.9 Å². The molecule has 1 aliphatic carbocycles. The van der Waals surface area contributed by atoms with E-state index in [2.05, 4.69) is 16.0 Å². The van der Waals surface area contributed by atoms with Crippen LogP contribution in [0, 0.1) is 6.92 Å². The van der Waals surface area contributed by atoms with Crippen molar-refractivity contribution >= 4 is 22.4 Å². The Morgan fingerprint density at radius 2 is 1.88 bits per heavy atom. The lowest BCUT2D eigenvalue weighted by atomic mass is 10.1. The van der Waals surface area contributed by atoms with Crippen molar-refractivity contribution < 1.29 is 4.79 Å². The molecule has 0 atom stereocenters. The van der Waals surface area contributed by atoms with Gasteiger partial charge < -0.3 is 4.90 Å². The minimum absolute atomic E-state index is 0.135. The quantitative estimate of drug-likeness (QED) is 0.464. The van der Waals surface area contributed by atoms with Crippen LogP contribution in [0.1, 0.15) is 28.8 Å². The molecule has 4 aromatic rings. The van der Waals surface area contributed by atoms with Gasteiger partial charge in [-0.2, -0.15) is 0 Å². The number of benzene rings is 1. The largest absolute Gasteiger partial charge is 0.352 e. The van der Waals surface area contributed by atoms with Gasteiger partial charge in [-0.05, 0) is 48.8 Å². The second-order valence-corrected chi connectivity index (χ2v) is 8.51. The molecule has 6 heteroatoms. The normalized spacial score (nSPS) is 12.7. The molecule has 1 aromatic carbocycles. The maximum atomic E-state index is 12.8. The van der Waals surface area contributed by atoms with Crippen LogP contribution in [-0.2, 0) is 24.1 Å². The molecular formula is C26H25N5O. The Bertz CT molecular complexity index is 1320. The molecule has 0 saturated carbocycles. The monoisotopic (exact) mass is 423 g/mol. The topological polar surface area (TPSA) is 71.9 Å². The number of hydrogen-bond acceptors (Lipinski definition) is 6. The standard InChI is InChI=1S/C26H25N5O/c1-17-10-18(14-27-13-17)11-21(32)16-31(2)26-22-8-5-9-23(22)29-25(30-26)24-12-19-6-3-4-7-20(19)15-28-24/h3-4,6-7,10,12-15H,5,8-9,11,16H2,1-2H3. The number of ketones is 1. The van der Waals surface area contributed by atoms with Gasteiger partial charge in [-0.1, -0.05) is 30.3 Å². The summed E-state index contributed by atoms with van der Waals surface area (Å²) >= 11 is 0. The first kappa shape index (κ1) is 20.2. The van der Waals surface area contributed by atoms with Crippen molar-refractivity contribution in [2.45, 2.75) is 32.6 Å². The van der Waals surface area contributed by atoms with Gasteiger partial charge in [0.1, 0.15) is 11.5 Å². The molecule has 0 amide bonds. The van der Waals surface area contributed by atoms with Gasteiger partial charge >= 0.3 is 0 Å². The van der Waals surface area contributed by atoms with E-state index in [4.69, 9.17) is 9.97 Å². The fourth-order valence-corrected chi connectivity index (χ4v) is 4.39. The van der Waals surface area contributed by atoms with Crippen molar-refractivity contribution in [2.24, 2.45) is 0 Å². The maximum Gasteiger partial charge on any atom is 0.180 e. The third kappa shape index (κ3) is 4.08. The Hall–Kier alpha value is -3.67. The van der Waals surface area contributed by atoms with Crippen LogP contribution in [0.4, 0.5) is 5.82 Å². The molecule has 0 radical (unpaired) electrons. The highest BCUT2D eigenvalue weighted by molar-refractivity contribution is 5.86. The molecule has 0 saturated heterocycles. The predicted octanol–water partition coefficient (Wildman–Crippen LogP) is 4.13. The van der Waals surface area contributed by atoms with E-state index in [1.54, 1.807) is 12.4 Å². The first-order chi connectivity index (χ1) is 15.6. The molecule has 32 heavy (non-hydrogen) atoms. The zero-order valence-electron chi connectivity index (χ0n) is 18.4. The summed E-state index contributed by atoms with van der Waals surface area (Å²) in [7, 11) is 1.94. The number of aryl methyl sites for hydroxylation is 2. The van der Waals surface area contributed by atoms with Gasteiger partial charge in [-0.25, -0.2) is 9.97 Å².